The summed E-state index contributed by atoms with van der Waals surface area (Å²) < 4.78 is 0. The lowest BCUT2D eigenvalue weighted by Gasteiger charge is -2.51. The zero-order chi connectivity index (χ0) is 11.6. The first-order valence-electron chi connectivity index (χ1n) is 6.75. The molecule has 2 N–H and O–H groups in total. The van der Waals surface area contributed by atoms with Crippen LogP contribution in [0.15, 0.2) is 0 Å². The molecule has 1 atom stereocenters. The van der Waals surface area contributed by atoms with Crippen LogP contribution in [-0.2, 0) is 0 Å². The predicted molar refractivity (Wildman–Crippen MR) is 66.5 cm³/mol. The van der Waals surface area contributed by atoms with E-state index in [1.54, 1.807) is 0 Å². The SMILES string of the molecule is CC1(C)CNCC(CCO)N1C1CCCC1. The van der Waals surface area contributed by atoms with E-state index in [2.05, 4.69) is 24.1 Å². The quantitative estimate of drug-likeness (QED) is 0.763. The van der Waals surface area contributed by atoms with E-state index in [-0.39, 0.29) is 5.54 Å². The van der Waals surface area contributed by atoms with Gasteiger partial charge in [-0.3, -0.25) is 4.90 Å². The van der Waals surface area contributed by atoms with Crippen molar-refractivity contribution in [3.63, 3.8) is 0 Å². The summed E-state index contributed by atoms with van der Waals surface area (Å²) in [4.78, 5) is 2.70. The molecular formula is C13H26N2O. The van der Waals surface area contributed by atoms with Gasteiger partial charge >= 0.3 is 0 Å². The second-order valence-electron chi connectivity index (χ2n) is 5.95. The Kier molecular flexibility index (Phi) is 3.88. The lowest BCUT2D eigenvalue weighted by Crippen LogP contribution is -2.65. The molecule has 94 valence electrons. The summed E-state index contributed by atoms with van der Waals surface area (Å²) in [7, 11) is 0. The second-order valence-corrected chi connectivity index (χ2v) is 5.95. The monoisotopic (exact) mass is 226 g/mol. The fraction of sp³-hybridized carbons (Fsp3) is 1.00. The Bertz CT molecular complexity index is 222. The second kappa shape index (κ2) is 5.03. The maximum absolute atomic E-state index is 9.19. The molecule has 0 spiro atoms. The van der Waals surface area contributed by atoms with E-state index in [0.717, 1.165) is 25.6 Å². The van der Waals surface area contributed by atoms with Crippen LogP contribution in [0.2, 0.25) is 0 Å². The molecule has 3 nitrogen and oxygen atoms in total. The van der Waals surface area contributed by atoms with Crippen LogP contribution in [0.4, 0.5) is 0 Å². The third-order valence-electron chi connectivity index (χ3n) is 4.21. The van der Waals surface area contributed by atoms with Crippen molar-refractivity contribution < 1.29 is 5.11 Å². The smallest absolute Gasteiger partial charge is 0.0446 e. The van der Waals surface area contributed by atoms with Crippen molar-refractivity contribution in [1.82, 2.24) is 10.2 Å². The van der Waals surface area contributed by atoms with Gasteiger partial charge in [0.2, 0.25) is 0 Å². The fourth-order valence-corrected chi connectivity index (χ4v) is 3.59. The Balaban J connectivity index is 2.10. The van der Waals surface area contributed by atoms with E-state index in [1.807, 2.05) is 0 Å². The molecule has 2 rings (SSSR count). The van der Waals surface area contributed by atoms with Crippen LogP contribution in [0.1, 0.15) is 46.0 Å². The standard InChI is InChI=1S/C13H26N2O/c1-13(2)10-14-9-12(7-8-16)15(13)11-5-3-4-6-11/h11-12,14,16H,3-10H2,1-2H3. The molecular weight excluding hydrogens is 200 g/mol. The molecule has 0 bridgehead atoms. The Morgan fingerprint density at radius 2 is 2.00 bits per heavy atom. The highest BCUT2D eigenvalue weighted by molar-refractivity contribution is 4.98. The number of hydrogen-bond acceptors (Lipinski definition) is 3. The molecule has 0 aromatic carbocycles. The molecule has 1 heterocycles. The van der Waals surface area contributed by atoms with Gasteiger partial charge in [-0.1, -0.05) is 12.8 Å². The number of piperazine rings is 1. The van der Waals surface area contributed by atoms with Crippen molar-refractivity contribution in [3.8, 4) is 0 Å². The van der Waals surface area contributed by atoms with Crippen LogP contribution in [0.25, 0.3) is 0 Å². The Labute approximate surface area is 99.2 Å². The Morgan fingerprint density at radius 3 is 2.62 bits per heavy atom. The maximum atomic E-state index is 9.19. The van der Waals surface area contributed by atoms with Crippen LogP contribution >= 0.6 is 0 Å². The number of aliphatic hydroxyl groups excluding tert-OH is 1. The molecule has 1 aliphatic heterocycles. The van der Waals surface area contributed by atoms with Gasteiger partial charge < -0.3 is 10.4 Å². The van der Waals surface area contributed by atoms with Crippen molar-refractivity contribution in [2.24, 2.45) is 0 Å². The van der Waals surface area contributed by atoms with Crippen molar-refractivity contribution in [2.45, 2.75) is 63.6 Å². The highest BCUT2D eigenvalue weighted by Crippen LogP contribution is 2.33. The molecule has 1 saturated heterocycles. The molecule has 0 aromatic rings. The first-order valence-corrected chi connectivity index (χ1v) is 6.75. The van der Waals surface area contributed by atoms with Gasteiger partial charge in [-0.25, -0.2) is 0 Å². The third kappa shape index (κ3) is 2.41. The number of rotatable bonds is 3. The highest BCUT2D eigenvalue weighted by Gasteiger charge is 2.40. The summed E-state index contributed by atoms with van der Waals surface area (Å²) in [6.07, 6.45) is 6.39. The summed E-state index contributed by atoms with van der Waals surface area (Å²) in [6, 6.07) is 1.28. The first kappa shape index (κ1) is 12.3. The summed E-state index contributed by atoms with van der Waals surface area (Å²) in [6.45, 7) is 7.10. The molecule has 3 heteroatoms. The normalized spacial score (nSPS) is 32.1. The highest BCUT2D eigenvalue weighted by atomic mass is 16.3. The molecule has 2 fully saturated rings. The summed E-state index contributed by atoms with van der Waals surface area (Å²) in [5.74, 6) is 0. The van der Waals surface area contributed by atoms with Crippen LogP contribution in [-0.4, -0.2) is 47.3 Å². The number of hydrogen-bond donors (Lipinski definition) is 2. The van der Waals surface area contributed by atoms with Gasteiger partial charge in [0.05, 0.1) is 0 Å². The van der Waals surface area contributed by atoms with Crippen LogP contribution in [0.5, 0.6) is 0 Å². The van der Waals surface area contributed by atoms with Gasteiger partial charge in [-0.2, -0.15) is 0 Å². The number of aliphatic hydroxyl groups is 1. The van der Waals surface area contributed by atoms with Crippen molar-refractivity contribution >= 4 is 0 Å². The summed E-state index contributed by atoms with van der Waals surface area (Å²) in [5.41, 5.74) is 0.243. The molecule has 0 radical (unpaired) electrons. The summed E-state index contributed by atoms with van der Waals surface area (Å²) in [5, 5.41) is 12.7. The molecule has 0 aromatic heterocycles. The predicted octanol–water partition coefficient (Wildman–Crippen LogP) is 1.36. The van der Waals surface area contributed by atoms with Gasteiger partial charge in [0, 0.05) is 37.3 Å². The molecule has 1 unspecified atom stereocenters. The van der Waals surface area contributed by atoms with Gasteiger partial charge in [0.25, 0.3) is 0 Å². The Hall–Kier alpha value is -0.120. The van der Waals surface area contributed by atoms with E-state index < -0.39 is 0 Å². The fourth-order valence-electron chi connectivity index (χ4n) is 3.59. The van der Waals surface area contributed by atoms with E-state index in [9.17, 15) is 5.11 Å². The first-order chi connectivity index (χ1) is 7.65. The lowest BCUT2D eigenvalue weighted by molar-refractivity contribution is -0.0102. The van der Waals surface area contributed by atoms with E-state index >= 15 is 0 Å². The topological polar surface area (TPSA) is 35.5 Å². The molecule has 16 heavy (non-hydrogen) atoms. The molecule has 1 saturated carbocycles. The van der Waals surface area contributed by atoms with Crippen molar-refractivity contribution in [3.05, 3.63) is 0 Å². The van der Waals surface area contributed by atoms with E-state index in [0.29, 0.717) is 12.6 Å². The van der Waals surface area contributed by atoms with Crippen LogP contribution in [0, 0.1) is 0 Å². The van der Waals surface area contributed by atoms with E-state index in [4.69, 9.17) is 0 Å². The minimum Gasteiger partial charge on any atom is -0.396 e. The molecule has 0 amide bonds. The van der Waals surface area contributed by atoms with Crippen molar-refractivity contribution in [1.29, 1.82) is 0 Å². The van der Waals surface area contributed by atoms with Gasteiger partial charge in [0.1, 0.15) is 0 Å². The Morgan fingerprint density at radius 1 is 1.31 bits per heavy atom. The summed E-state index contributed by atoms with van der Waals surface area (Å²) >= 11 is 0. The third-order valence-corrected chi connectivity index (χ3v) is 4.21. The minimum atomic E-state index is 0.243. The number of nitrogens with zero attached hydrogens (tertiary/aromatic N) is 1. The molecule has 2 aliphatic rings. The van der Waals surface area contributed by atoms with Gasteiger partial charge in [0.15, 0.2) is 0 Å². The van der Waals surface area contributed by atoms with Gasteiger partial charge in [-0.15, -0.1) is 0 Å². The average molecular weight is 226 g/mol. The zero-order valence-electron chi connectivity index (χ0n) is 10.7. The van der Waals surface area contributed by atoms with Crippen molar-refractivity contribution in [2.75, 3.05) is 19.7 Å². The van der Waals surface area contributed by atoms with Crippen LogP contribution < -0.4 is 5.32 Å². The number of nitrogens with one attached hydrogen (secondary N) is 1. The van der Waals surface area contributed by atoms with E-state index in [1.165, 1.54) is 25.7 Å². The maximum Gasteiger partial charge on any atom is 0.0446 e. The molecule has 1 aliphatic carbocycles. The van der Waals surface area contributed by atoms with Gasteiger partial charge in [-0.05, 0) is 33.1 Å². The zero-order valence-corrected chi connectivity index (χ0v) is 10.7. The van der Waals surface area contributed by atoms with Crippen LogP contribution in [0.3, 0.4) is 0 Å². The largest absolute Gasteiger partial charge is 0.396 e. The average Bonchev–Trinajstić information content (AvgIpc) is 2.70. The lowest BCUT2D eigenvalue weighted by atomic mass is 9.91. The minimum absolute atomic E-state index is 0.243.